The van der Waals surface area contributed by atoms with E-state index in [1.54, 1.807) is 31.2 Å². The van der Waals surface area contributed by atoms with E-state index in [9.17, 15) is 4.39 Å². The molecule has 0 saturated carbocycles. The fraction of sp³-hybridized carbons (Fsp3) is 0.0769. The Morgan fingerprint density at radius 1 is 1.29 bits per heavy atom. The number of halogens is 1. The number of hydrogen-bond donors (Lipinski definition) is 1. The Balaban J connectivity index is 2.20. The number of nitrogens with zero attached hydrogens (tertiary/aromatic N) is 2. The molecule has 0 radical (unpaired) electrons. The first-order valence-electron chi connectivity index (χ1n) is 5.08. The van der Waals surface area contributed by atoms with Crippen LogP contribution in [0, 0.1) is 24.1 Å². The molecule has 0 aliphatic rings. The largest absolute Gasteiger partial charge is 0.340 e. The predicted molar refractivity (Wildman–Crippen MR) is 63.4 cm³/mol. The van der Waals surface area contributed by atoms with Crippen LogP contribution in [0.3, 0.4) is 0 Å². The molecule has 4 heteroatoms. The van der Waals surface area contributed by atoms with Crippen molar-refractivity contribution >= 4 is 11.5 Å². The quantitative estimate of drug-likeness (QED) is 0.857. The van der Waals surface area contributed by atoms with Crippen molar-refractivity contribution < 1.29 is 4.39 Å². The molecule has 0 amide bonds. The fourth-order valence-corrected chi connectivity index (χ4v) is 1.35. The first-order chi connectivity index (χ1) is 8.19. The Morgan fingerprint density at radius 3 is 2.71 bits per heavy atom. The van der Waals surface area contributed by atoms with E-state index in [2.05, 4.69) is 10.3 Å². The lowest BCUT2D eigenvalue weighted by Crippen LogP contribution is -1.94. The van der Waals surface area contributed by atoms with Gasteiger partial charge in [0, 0.05) is 11.9 Å². The van der Waals surface area contributed by atoms with Crippen molar-refractivity contribution in [1.29, 1.82) is 5.26 Å². The number of benzene rings is 1. The van der Waals surface area contributed by atoms with Crippen molar-refractivity contribution in [1.82, 2.24) is 4.98 Å². The maximum atomic E-state index is 13.3. The smallest absolute Gasteiger partial charge is 0.130 e. The summed E-state index contributed by atoms with van der Waals surface area (Å²) in [6.07, 6.45) is 1.47. The molecule has 1 N–H and O–H groups in total. The van der Waals surface area contributed by atoms with Crippen LogP contribution in [0.1, 0.15) is 11.1 Å². The van der Waals surface area contributed by atoms with Crippen molar-refractivity contribution in [3.63, 3.8) is 0 Å². The minimum atomic E-state index is -0.261. The monoisotopic (exact) mass is 227 g/mol. The normalized spacial score (nSPS) is 9.71. The summed E-state index contributed by atoms with van der Waals surface area (Å²) in [6, 6.07) is 10.2. The van der Waals surface area contributed by atoms with E-state index in [1.807, 2.05) is 6.07 Å². The van der Waals surface area contributed by atoms with Gasteiger partial charge in [-0.15, -0.1) is 0 Å². The van der Waals surface area contributed by atoms with Crippen LogP contribution in [0.25, 0.3) is 0 Å². The maximum Gasteiger partial charge on any atom is 0.130 e. The van der Waals surface area contributed by atoms with Gasteiger partial charge in [-0.05, 0) is 36.8 Å². The lowest BCUT2D eigenvalue weighted by Gasteiger charge is -2.06. The number of aromatic nitrogens is 1. The van der Waals surface area contributed by atoms with E-state index >= 15 is 0 Å². The van der Waals surface area contributed by atoms with Crippen molar-refractivity contribution in [3.05, 3.63) is 53.5 Å². The Kier molecular flexibility index (Phi) is 3.01. The lowest BCUT2D eigenvalue weighted by molar-refractivity contribution is 0.619. The van der Waals surface area contributed by atoms with E-state index in [-0.39, 0.29) is 5.82 Å². The average molecular weight is 227 g/mol. The minimum absolute atomic E-state index is 0.261. The van der Waals surface area contributed by atoms with Crippen molar-refractivity contribution in [2.75, 3.05) is 5.32 Å². The summed E-state index contributed by atoms with van der Waals surface area (Å²) >= 11 is 0. The molecule has 1 aromatic heterocycles. The molecule has 0 bridgehead atoms. The van der Waals surface area contributed by atoms with Crippen LogP contribution >= 0.6 is 0 Å². The second-order valence-corrected chi connectivity index (χ2v) is 3.63. The molecule has 17 heavy (non-hydrogen) atoms. The fourth-order valence-electron chi connectivity index (χ4n) is 1.35. The van der Waals surface area contributed by atoms with Gasteiger partial charge in [-0.2, -0.15) is 5.26 Å². The Hall–Kier alpha value is -2.41. The molecule has 0 saturated heterocycles. The third-order valence-corrected chi connectivity index (χ3v) is 2.34. The summed E-state index contributed by atoms with van der Waals surface area (Å²) in [5.41, 5.74) is 1.72. The van der Waals surface area contributed by atoms with E-state index in [0.717, 1.165) is 0 Å². The summed E-state index contributed by atoms with van der Waals surface area (Å²) in [4.78, 5) is 4.04. The number of anilines is 2. The highest BCUT2D eigenvalue weighted by molar-refractivity contribution is 5.57. The van der Waals surface area contributed by atoms with Crippen LogP contribution in [0.4, 0.5) is 15.9 Å². The van der Waals surface area contributed by atoms with Gasteiger partial charge in [-0.25, -0.2) is 9.37 Å². The average Bonchev–Trinajstić information content (AvgIpc) is 2.35. The zero-order valence-electron chi connectivity index (χ0n) is 9.24. The highest BCUT2D eigenvalue weighted by Gasteiger charge is 2.00. The molecule has 0 spiro atoms. The van der Waals surface area contributed by atoms with E-state index in [0.29, 0.717) is 22.6 Å². The summed E-state index contributed by atoms with van der Waals surface area (Å²) in [7, 11) is 0. The minimum Gasteiger partial charge on any atom is -0.340 e. The molecule has 1 heterocycles. The first-order valence-corrected chi connectivity index (χ1v) is 5.08. The van der Waals surface area contributed by atoms with Gasteiger partial charge in [0.1, 0.15) is 17.7 Å². The SMILES string of the molecule is Cc1ccc(Nc2ccc(C#N)cn2)cc1F. The number of pyridine rings is 1. The standard InChI is InChI=1S/C13H10FN3/c1-9-2-4-11(6-12(9)14)17-13-5-3-10(7-15)8-16-13/h2-6,8H,1H3,(H,16,17). The molecule has 2 rings (SSSR count). The molecule has 0 unspecified atom stereocenters. The van der Waals surface area contributed by atoms with Crippen molar-refractivity contribution in [2.45, 2.75) is 6.92 Å². The summed E-state index contributed by atoms with van der Waals surface area (Å²) in [6.45, 7) is 1.71. The third-order valence-electron chi connectivity index (χ3n) is 2.34. The molecule has 3 nitrogen and oxygen atoms in total. The van der Waals surface area contributed by atoms with Gasteiger partial charge in [0.2, 0.25) is 0 Å². The molecule has 0 aliphatic carbocycles. The zero-order valence-corrected chi connectivity index (χ0v) is 9.24. The number of aryl methyl sites for hydroxylation is 1. The Morgan fingerprint density at radius 2 is 2.12 bits per heavy atom. The summed E-state index contributed by atoms with van der Waals surface area (Å²) in [5, 5.41) is 11.6. The highest BCUT2D eigenvalue weighted by Crippen LogP contribution is 2.17. The second kappa shape index (κ2) is 4.62. The Bertz CT molecular complexity index is 570. The van der Waals surface area contributed by atoms with Gasteiger partial charge < -0.3 is 5.32 Å². The third kappa shape index (κ3) is 2.58. The molecule has 0 fully saturated rings. The molecule has 0 aliphatic heterocycles. The van der Waals surface area contributed by atoms with Gasteiger partial charge in [0.15, 0.2) is 0 Å². The second-order valence-electron chi connectivity index (χ2n) is 3.63. The zero-order chi connectivity index (χ0) is 12.3. The Labute approximate surface area is 98.5 Å². The van der Waals surface area contributed by atoms with Crippen molar-refractivity contribution in [3.8, 4) is 6.07 Å². The maximum absolute atomic E-state index is 13.3. The van der Waals surface area contributed by atoms with E-state index < -0.39 is 0 Å². The van der Waals surface area contributed by atoms with Gasteiger partial charge in [0.25, 0.3) is 0 Å². The van der Waals surface area contributed by atoms with Crippen LogP contribution in [0.15, 0.2) is 36.5 Å². The van der Waals surface area contributed by atoms with E-state index in [4.69, 9.17) is 5.26 Å². The molecular weight excluding hydrogens is 217 g/mol. The van der Waals surface area contributed by atoms with Gasteiger partial charge in [-0.1, -0.05) is 6.07 Å². The molecule has 1 aromatic carbocycles. The van der Waals surface area contributed by atoms with Crippen LogP contribution in [0.2, 0.25) is 0 Å². The summed E-state index contributed by atoms with van der Waals surface area (Å²) < 4.78 is 13.3. The molecule has 2 aromatic rings. The lowest BCUT2D eigenvalue weighted by atomic mass is 10.2. The van der Waals surface area contributed by atoms with E-state index in [1.165, 1.54) is 12.3 Å². The topological polar surface area (TPSA) is 48.7 Å². The number of hydrogen-bond acceptors (Lipinski definition) is 3. The predicted octanol–water partition coefficient (Wildman–Crippen LogP) is 3.14. The molecule has 84 valence electrons. The van der Waals surface area contributed by atoms with Gasteiger partial charge in [-0.3, -0.25) is 0 Å². The van der Waals surface area contributed by atoms with Gasteiger partial charge >= 0.3 is 0 Å². The number of rotatable bonds is 2. The first kappa shape index (κ1) is 11.1. The summed E-state index contributed by atoms with van der Waals surface area (Å²) in [5.74, 6) is 0.316. The van der Waals surface area contributed by atoms with Crippen LogP contribution in [-0.2, 0) is 0 Å². The van der Waals surface area contributed by atoms with Crippen molar-refractivity contribution in [2.24, 2.45) is 0 Å². The molecule has 0 atom stereocenters. The van der Waals surface area contributed by atoms with Crippen LogP contribution < -0.4 is 5.32 Å². The number of nitriles is 1. The molecular formula is C13H10FN3. The van der Waals surface area contributed by atoms with Gasteiger partial charge in [0.05, 0.1) is 5.56 Å². The number of nitrogens with one attached hydrogen (secondary N) is 1. The highest BCUT2D eigenvalue weighted by atomic mass is 19.1. The van der Waals surface area contributed by atoms with Crippen LogP contribution in [-0.4, -0.2) is 4.98 Å². The van der Waals surface area contributed by atoms with Crippen LogP contribution in [0.5, 0.6) is 0 Å².